The first-order valence-electron chi connectivity index (χ1n) is 10.8. The average molecular weight is 408 g/mol. The standard InChI is InChI=1S/C25H29NO4/c1-2-16-26(20-6-4-3-5-7-20)23-22(28)17-25(19-10-11-19,30-24(23)29)15-14-18-8-12-21(27)13-9-18/h3-9,12-13,19,27-28H,2,10-11,14-17H2,1H3. The summed E-state index contributed by atoms with van der Waals surface area (Å²) >= 11 is 0. The van der Waals surface area contributed by atoms with E-state index in [0.717, 1.165) is 36.9 Å². The van der Waals surface area contributed by atoms with Gasteiger partial charge in [-0.25, -0.2) is 4.79 Å². The first-order valence-corrected chi connectivity index (χ1v) is 10.8. The summed E-state index contributed by atoms with van der Waals surface area (Å²) in [5, 5.41) is 20.5. The largest absolute Gasteiger partial charge is 0.510 e. The van der Waals surface area contributed by atoms with Gasteiger partial charge in [-0.3, -0.25) is 0 Å². The summed E-state index contributed by atoms with van der Waals surface area (Å²) < 4.78 is 6.13. The Balaban J connectivity index is 1.60. The quantitative estimate of drug-likeness (QED) is 0.595. The Hall–Kier alpha value is -2.95. The molecule has 0 radical (unpaired) electrons. The minimum atomic E-state index is -0.656. The molecular weight excluding hydrogens is 378 g/mol. The van der Waals surface area contributed by atoms with Crippen molar-refractivity contribution in [3.8, 4) is 5.75 Å². The van der Waals surface area contributed by atoms with Crippen LogP contribution in [0.4, 0.5) is 5.69 Å². The molecule has 2 aliphatic rings. The molecule has 0 aromatic heterocycles. The molecule has 0 amide bonds. The van der Waals surface area contributed by atoms with E-state index in [0.29, 0.717) is 25.3 Å². The third-order valence-electron chi connectivity index (χ3n) is 6.11. The summed E-state index contributed by atoms with van der Waals surface area (Å²) in [5.41, 5.74) is 1.57. The SMILES string of the molecule is CCCN(C1=C(O)CC(CCc2ccc(O)cc2)(C2CC2)OC1=O)c1ccccc1. The van der Waals surface area contributed by atoms with Crippen molar-refractivity contribution >= 4 is 11.7 Å². The Morgan fingerprint density at radius 3 is 2.37 bits per heavy atom. The molecular formula is C25H29NO4. The number of carbonyl (C=O) groups is 1. The lowest BCUT2D eigenvalue weighted by Gasteiger charge is -2.40. The fourth-order valence-electron chi connectivity index (χ4n) is 4.42. The first kappa shape index (κ1) is 20.3. The highest BCUT2D eigenvalue weighted by molar-refractivity contribution is 5.94. The summed E-state index contributed by atoms with van der Waals surface area (Å²) in [4.78, 5) is 15.1. The van der Waals surface area contributed by atoms with E-state index in [2.05, 4.69) is 0 Å². The number of anilines is 1. The van der Waals surface area contributed by atoms with E-state index in [4.69, 9.17) is 4.74 Å². The Kier molecular flexibility index (Phi) is 5.71. The number of aliphatic hydroxyl groups excluding tert-OH is 1. The number of carbonyl (C=O) groups excluding carboxylic acids is 1. The number of para-hydroxylation sites is 1. The molecule has 1 fully saturated rings. The molecule has 1 unspecified atom stereocenters. The van der Waals surface area contributed by atoms with Crippen LogP contribution in [0, 0.1) is 5.92 Å². The summed E-state index contributed by atoms with van der Waals surface area (Å²) in [6.45, 7) is 2.68. The number of aryl methyl sites for hydroxylation is 1. The fraction of sp³-hybridized carbons (Fsp3) is 0.400. The molecule has 4 rings (SSSR count). The third-order valence-corrected chi connectivity index (χ3v) is 6.11. The van der Waals surface area contributed by atoms with Crippen LogP contribution < -0.4 is 4.90 Å². The molecule has 0 saturated heterocycles. The van der Waals surface area contributed by atoms with E-state index in [-0.39, 0.29) is 17.2 Å². The van der Waals surface area contributed by atoms with Gasteiger partial charge in [0.1, 0.15) is 17.1 Å². The first-order chi connectivity index (χ1) is 14.5. The van der Waals surface area contributed by atoms with Gasteiger partial charge < -0.3 is 19.8 Å². The zero-order valence-electron chi connectivity index (χ0n) is 17.4. The molecule has 158 valence electrons. The maximum atomic E-state index is 13.2. The number of rotatable bonds is 8. The lowest BCUT2D eigenvalue weighted by molar-refractivity contribution is -0.162. The van der Waals surface area contributed by atoms with Crippen LogP contribution in [0.25, 0.3) is 0 Å². The van der Waals surface area contributed by atoms with Gasteiger partial charge in [0, 0.05) is 18.7 Å². The van der Waals surface area contributed by atoms with Gasteiger partial charge >= 0.3 is 5.97 Å². The molecule has 1 saturated carbocycles. The van der Waals surface area contributed by atoms with Crippen molar-refractivity contribution < 1.29 is 19.7 Å². The number of aromatic hydroxyl groups is 1. The second-order valence-electron chi connectivity index (χ2n) is 8.35. The molecule has 0 spiro atoms. The van der Waals surface area contributed by atoms with E-state index >= 15 is 0 Å². The highest BCUT2D eigenvalue weighted by Crippen LogP contribution is 2.50. The lowest BCUT2D eigenvalue weighted by Crippen LogP contribution is -2.46. The highest BCUT2D eigenvalue weighted by atomic mass is 16.6. The summed E-state index contributed by atoms with van der Waals surface area (Å²) in [6.07, 6.45) is 4.61. The maximum Gasteiger partial charge on any atom is 0.359 e. The van der Waals surface area contributed by atoms with E-state index < -0.39 is 11.6 Å². The smallest absolute Gasteiger partial charge is 0.359 e. The molecule has 5 nitrogen and oxygen atoms in total. The Morgan fingerprint density at radius 1 is 1.07 bits per heavy atom. The van der Waals surface area contributed by atoms with Crippen molar-refractivity contribution in [3.63, 3.8) is 0 Å². The van der Waals surface area contributed by atoms with Gasteiger partial charge in [-0.1, -0.05) is 37.3 Å². The van der Waals surface area contributed by atoms with E-state index in [1.54, 1.807) is 12.1 Å². The van der Waals surface area contributed by atoms with Crippen molar-refractivity contribution in [2.75, 3.05) is 11.4 Å². The number of hydrogen-bond donors (Lipinski definition) is 2. The topological polar surface area (TPSA) is 70.0 Å². The van der Waals surface area contributed by atoms with Crippen LogP contribution in [0.5, 0.6) is 5.75 Å². The summed E-state index contributed by atoms with van der Waals surface area (Å²) in [7, 11) is 0. The minimum Gasteiger partial charge on any atom is -0.510 e. The Morgan fingerprint density at radius 2 is 1.77 bits per heavy atom. The van der Waals surface area contributed by atoms with E-state index in [1.165, 1.54) is 0 Å². The van der Waals surface area contributed by atoms with Crippen LogP contribution in [0.3, 0.4) is 0 Å². The van der Waals surface area contributed by atoms with Crippen LogP contribution in [-0.2, 0) is 16.0 Å². The molecule has 1 aliphatic heterocycles. The zero-order valence-corrected chi connectivity index (χ0v) is 17.4. The maximum absolute atomic E-state index is 13.2. The number of aliphatic hydroxyl groups is 1. The molecule has 2 aromatic rings. The van der Waals surface area contributed by atoms with Crippen molar-refractivity contribution in [3.05, 3.63) is 71.6 Å². The van der Waals surface area contributed by atoms with E-state index in [9.17, 15) is 15.0 Å². The number of hydrogen-bond acceptors (Lipinski definition) is 5. The zero-order chi connectivity index (χ0) is 21.1. The van der Waals surface area contributed by atoms with Crippen LogP contribution in [0.1, 0.15) is 44.6 Å². The van der Waals surface area contributed by atoms with Gasteiger partial charge in [-0.15, -0.1) is 0 Å². The van der Waals surface area contributed by atoms with E-state index in [1.807, 2.05) is 54.3 Å². The number of phenolic OH excluding ortho intramolecular Hbond substituents is 1. The monoisotopic (exact) mass is 407 g/mol. The van der Waals surface area contributed by atoms with Gasteiger partial charge in [0.15, 0.2) is 5.70 Å². The molecule has 1 heterocycles. The Labute approximate surface area is 177 Å². The molecule has 1 aliphatic carbocycles. The second-order valence-corrected chi connectivity index (χ2v) is 8.35. The normalized spacial score (nSPS) is 21.4. The predicted octanol–water partition coefficient (Wildman–Crippen LogP) is 5.11. The van der Waals surface area contributed by atoms with Crippen LogP contribution >= 0.6 is 0 Å². The van der Waals surface area contributed by atoms with Crippen LogP contribution in [-0.4, -0.2) is 28.3 Å². The number of phenols is 1. The summed E-state index contributed by atoms with van der Waals surface area (Å²) in [5.74, 6) is 0.218. The Bertz CT molecular complexity index is 918. The van der Waals surface area contributed by atoms with Crippen LogP contribution in [0.2, 0.25) is 0 Å². The van der Waals surface area contributed by atoms with Gasteiger partial charge in [-0.05, 0) is 67.9 Å². The molecule has 2 N–H and O–H groups in total. The van der Waals surface area contributed by atoms with Gasteiger partial charge in [0.05, 0.1) is 0 Å². The van der Waals surface area contributed by atoms with Crippen molar-refractivity contribution in [2.45, 2.75) is 51.0 Å². The average Bonchev–Trinajstić information content (AvgIpc) is 3.59. The summed E-state index contributed by atoms with van der Waals surface area (Å²) in [6, 6.07) is 16.8. The van der Waals surface area contributed by atoms with Crippen molar-refractivity contribution in [1.29, 1.82) is 0 Å². The number of benzene rings is 2. The molecule has 30 heavy (non-hydrogen) atoms. The van der Waals surface area contributed by atoms with Crippen LogP contribution in [0.15, 0.2) is 66.1 Å². The predicted molar refractivity (Wildman–Crippen MR) is 116 cm³/mol. The van der Waals surface area contributed by atoms with Crippen molar-refractivity contribution in [2.24, 2.45) is 5.92 Å². The molecule has 5 heteroatoms. The number of esters is 1. The fourth-order valence-corrected chi connectivity index (χ4v) is 4.42. The third kappa shape index (κ3) is 4.16. The van der Waals surface area contributed by atoms with Gasteiger partial charge in [0.2, 0.25) is 0 Å². The van der Waals surface area contributed by atoms with Gasteiger partial charge in [0.25, 0.3) is 0 Å². The molecule has 0 bridgehead atoms. The number of ether oxygens (including phenoxy) is 1. The lowest BCUT2D eigenvalue weighted by atomic mass is 9.84. The molecule has 2 aromatic carbocycles. The molecule has 1 atom stereocenters. The highest BCUT2D eigenvalue weighted by Gasteiger charge is 2.52. The minimum absolute atomic E-state index is 0.126. The van der Waals surface area contributed by atoms with Gasteiger partial charge in [-0.2, -0.15) is 0 Å². The second kappa shape index (κ2) is 8.42. The number of nitrogens with zero attached hydrogens (tertiary/aromatic N) is 1. The number of cyclic esters (lactones) is 1. The van der Waals surface area contributed by atoms with Crippen molar-refractivity contribution in [1.82, 2.24) is 0 Å².